The minimum absolute atomic E-state index is 0.0256. The molecule has 0 aromatic heterocycles. The summed E-state index contributed by atoms with van der Waals surface area (Å²) >= 11 is 0. The number of nitrogens with zero attached hydrogens (tertiary/aromatic N) is 1. The Hall–Kier alpha value is -2.04. The lowest BCUT2D eigenvalue weighted by Crippen LogP contribution is -2.43. The molecule has 0 atom stereocenters. The van der Waals surface area contributed by atoms with Crippen LogP contribution in [0, 0.1) is 0 Å². The molecule has 2 N–H and O–H groups in total. The van der Waals surface area contributed by atoms with Crippen LogP contribution in [0.1, 0.15) is 38.7 Å². The fourth-order valence-electron chi connectivity index (χ4n) is 2.75. The molecule has 0 bridgehead atoms. The number of aryl methyl sites for hydroxylation is 1. The van der Waals surface area contributed by atoms with Crippen molar-refractivity contribution < 1.29 is 9.59 Å². The van der Waals surface area contributed by atoms with Crippen molar-refractivity contribution in [1.29, 1.82) is 0 Å². The van der Waals surface area contributed by atoms with Crippen LogP contribution in [0.15, 0.2) is 24.3 Å². The van der Waals surface area contributed by atoms with Gasteiger partial charge in [0.05, 0.1) is 0 Å². The van der Waals surface area contributed by atoms with E-state index in [0.29, 0.717) is 6.54 Å². The van der Waals surface area contributed by atoms with Crippen LogP contribution in [0.4, 0.5) is 5.69 Å². The number of carbonyl (C=O) groups is 2. The molecule has 1 aliphatic rings. The molecule has 1 aromatic carbocycles. The van der Waals surface area contributed by atoms with Crippen LogP contribution in [-0.4, -0.2) is 37.5 Å². The van der Waals surface area contributed by atoms with Crippen LogP contribution in [0.3, 0.4) is 0 Å². The van der Waals surface area contributed by atoms with E-state index in [1.165, 1.54) is 24.1 Å². The molecule has 0 unspecified atom stereocenters. The van der Waals surface area contributed by atoms with Gasteiger partial charge in [0.1, 0.15) is 0 Å². The molecule has 1 saturated heterocycles. The van der Waals surface area contributed by atoms with Crippen LogP contribution < -0.4 is 15.5 Å². The average Bonchev–Trinajstić information content (AvgIpc) is 3.05. The van der Waals surface area contributed by atoms with E-state index < -0.39 is 11.8 Å². The van der Waals surface area contributed by atoms with Crippen molar-refractivity contribution in [2.45, 2.75) is 45.6 Å². The zero-order chi connectivity index (χ0) is 16.7. The number of hydrogen-bond donors (Lipinski definition) is 2. The minimum atomic E-state index is -0.560. The van der Waals surface area contributed by atoms with Crippen molar-refractivity contribution in [2.75, 3.05) is 24.5 Å². The zero-order valence-electron chi connectivity index (χ0n) is 14.1. The standard InChI is InChI=1S/C18H27N3O2/c1-14(2)20-18(23)17(22)19-11-5-6-15-7-9-16(10-8-15)21-12-3-4-13-21/h7-10,14H,3-6,11-13H2,1-2H3,(H,19,22)(H,20,23). The normalized spacial score (nSPS) is 14.1. The van der Waals surface area contributed by atoms with Crippen molar-refractivity contribution in [1.82, 2.24) is 10.6 Å². The van der Waals surface area contributed by atoms with Gasteiger partial charge in [0.15, 0.2) is 0 Å². The molecule has 2 amide bonds. The van der Waals surface area contributed by atoms with Crippen LogP contribution in [0.25, 0.3) is 0 Å². The molecular weight excluding hydrogens is 290 g/mol. The monoisotopic (exact) mass is 317 g/mol. The summed E-state index contributed by atoms with van der Waals surface area (Å²) < 4.78 is 0. The molecular formula is C18H27N3O2. The number of anilines is 1. The summed E-state index contributed by atoms with van der Waals surface area (Å²) in [7, 11) is 0. The Morgan fingerprint density at radius 2 is 1.74 bits per heavy atom. The quantitative estimate of drug-likeness (QED) is 0.622. The third-order valence-electron chi connectivity index (χ3n) is 3.96. The lowest BCUT2D eigenvalue weighted by Gasteiger charge is -2.17. The Bertz CT molecular complexity index is 520. The summed E-state index contributed by atoms with van der Waals surface area (Å²) in [5.74, 6) is -1.11. The van der Waals surface area contributed by atoms with Gasteiger partial charge in [0.25, 0.3) is 0 Å². The lowest BCUT2D eigenvalue weighted by atomic mass is 10.1. The SMILES string of the molecule is CC(C)NC(=O)C(=O)NCCCc1ccc(N2CCCC2)cc1. The first-order chi connectivity index (χ1) is 11.1. The molecule has 5 nitrogen and oxygen atoms in total. The fraction of sp³-hybridized carbons (Fsp3) is 0.556. The third-order valence-corrected chi connectivity index (χ3v) is 3.96. The van der Waals surface area contributed by atoms with E-state index in [1.54, 1.807) is 0 Å². The van der Waals surface area contributed by atoms with Gasteiger partial charge < -0.3 is 15.5 Å². The van der Waals surface area contributed by atoms with Crippen molar-refractivity contribution in [3.05, 3.63) is 29.8 Å². The van der Waals surface area contributed by atoms with E-state index in [-0.39, 0.29) is 6.04 Å². The molecule has 0 saturated carbocycles. The smallest absolute Gasteiger partial charge is 0.309 e. The number of carbonyl (C=O) groups excluding carboxylic acids is 2. The zero-order valence-corrected chi connectivity index (χ0v) is 14.1. The highest BCUT2D eigenvalue weighted by Crippen LogP contribution is 2.20. The molecule has 1 aliphatic heterocycles. The summed E-state index contributed by atoms with van der Waals surface area (Å²) in [6.45, 7) is 6.49. The van der Waals surface area contributed by atoms with Crippen molar-refractivity contribution in [3.63, 3.8) is 0 Å². The summed E-state index contributed by atoms with van der Waals surface area (Å²) in [6.07, 6.45) is 4.29. The Balaban J connectivity index is 1.68. The summed E-state index contributed by atoms with van der Waals surface area (Å²) in [5, 5.41) is 5.23. The maximum absolute atomic E-state index is 11.6. The highest BCUT2D eigenvalue weighted by atomic mass is 16.2. The van der Waals surface area contributed by atoms with E-state index in [4.69, 9.17) is 0 Å². The van der Waals surface area contributed by atoms with Crippen LogP contribution in [0.5, 0.6) is 0 Å². The molecule has 0 radical (unpaired) electrons. The predicted molar refractivity (Wildman–Crippen MR) is 92.5 cm³/mol. The van der Waals surface area contributed by atoms with Crippen LogP contribution in [0.2, 0.25) is 0 Å². The molecule has 126 valence electrons. The van der Waals surface area contributed by atoms with Gasteiger partial charge in [-0.05, 0) is 57.2 Å². The van der Waals surface area contributed by atoms with Gasteiger partial charge in [0, 0.05) is 31.4 Å². The minimum Gasteiger partial charge on any atom is -0.372 e. The highest BCUT2D eigenvalue weighted by molar-refractivity contribution is 6.35. The predicted octanol–water partition coefficient (Wildman–Crippen LogP) is 1.86. The second-order valence-corrected chi connectivity index (χ2v) is 6.35. The molecule has 23 heavy (non-hydrogen) atoms. The van der Waals surface area contributed by atoms with E-state index in [0.717, 1.165) is 25.9 Å². The number of nitrogens with one attached hydrogen (secondary N) is 2. The van der Waals surface area contributed by atoms with Gasteiger partial charge in [-0.2, -0.15) is 0 Å². The second kappa shape index (κ2) is 8.56. The van der Waals surface area contributed by atoms with Crippen LogP contribution in [-0.2, 0) is 16.0 Å². The van der Waals surface area contributed by atoms with Crippen molar-refractivity contribution >= 4 is 17.5 Å². The maximum atomic E-state index is 11.6. The van der Waals surface area contributed by atoms with Gasteiger partial charge in [0.2, 0.25) is 0 Å². The fourth-order valence-corrected chi connectivity index (χ4v) is 2.75. The summed E-state index contributed by atoms with van der Waals surface area (Å²) in [4.78, 5) is 25.4. The first-order valence-corrected chi connectivity index (χ1v) is 8.49. The van der Waals surface area contributed by atoms with Gasteiger partial charge in [-0.3, -0.25) is 9.59 Å². The number of benzene rings is 1. The second-order valence-electron chi connectivity index (χ2n) is 6.35. The molecule has 0 spiro atoms. The van der Waals surface area contributed by atoms with E-state index >= 15 is 0 Å². The van der Waals surface area contributed by atoms with Crippen molar-refractivity contribution in [2.24, 2.45) is 0 Å². The molecule has 2 rings (SSSR count). The number of rotatable bonds is 6. The molecule has 1 fully saturated rings. The summed E-state index contributed by atoms with van der Waals surface area (Å²) in [5.41, 5.74) is 2.55. The van der Waals surface area contributed by atoms with Crippen LogP contribution >= 0.6 is 0 Å². The average molecular weight is 317 g/mol. The van der Waals surface area contributed by atoms with Crippen molar-refractivity contribution in [3.8, 4) is 0 Å². The number of hydrogen-bond acceptors (Lipinski definition) is 3. The Labute approximate surface area is 138 Å². The van der Waals surface area contributed by atoms with Gasteiger partial charge in [-0.1, -0.05) is 12.1 Å². The number of amides is 2. The van der Waals surface area contributed by atoms with E-state index in [2.05, 4.69) is 39.8 Å². The van der Waals surface area contributed by atoms with Gasteiger partial charge in [-0.25, -0.2) is 0 Å². The van der Waals surface area contributed by atoms with Gasteiger partial charge >= 0.3 is 11.8 Å². The van der Waals surface area contributed by atoms with E-state index in [9.17, 15) is 9.59 Å². The van der Waals surface area contributed by atoms with Gasteiger partial charge in [-0.15, -0.1) is 0 Å². The lowest BCUT2D eigenvalue weighted by molar-refractivity contribution is -0.139. The topological polar surface area (TPSA) is 61.4 Å². The Kier molecular flexibility index (Phi) is 6.44. The Morgan fingerprint density at radius 1 is 1.09 bits per heavy atom. The molecule has 5 heteroatoms. The van der Waals surface area contributed by atoms with E-state index in [1.807, 2.05) is 13.8 Å². The first kappa shape index (κ1) is 17.3. The highest BCUT2D eigenvalue weighted by Gasteiger charge is 2.13. The molecule has 1 aromatic rings. The molecule has 1 heterocycles. The summed E-state index contributed by atoms with van der Waals surface area (Å²) in [6, 6.07) is 8.63. The Morgan fingerprint density at radius 3 is 2.35 bits per heavy atom. The maximum Gasteiger partial charge on any atom is 0.309 e. The third kappa shape index (κ3) is 5.58. The largest absolute Gasteiger partial charge is 0.372 e. The molecule has 0 aliphatic carbocycles. The first-order valence-electron chi connectivity index (χ1n) is 8.49.